The number of rotatable bonds is 9. The monoisotopic (exact) mass is 265 g/mol. The topological polar surface area (TPSA) is 61.7 Å². The Balaban J connectivity index is 1.59. The smallest absolute Gasteiger partial charge is 0.119 e. The van der Waals surface area contributed by atoms with Crippen LogP contribution in [0.3, 0.4) is 0 Å². The molecule has 0 spiro atoms. The summed E-state index contributed by atoms with van der Waals surface area (Å²) in [6, 6.07) is 9.50. The van der Waals surface area contributed by atoms with Crippen LogP contribution >= 0.6 is 0 Å². The highest BCUT2D eigenvalue weighted by atomic mass is 16.5. The Labute approximate surface area is 114 Å². The van der Waals surface area contributed by atoms with Crippen molar-refractivity contribution in [1.29, 1.82) is 0 Å². The highest BCUT2D eigenvalue weighted by molar-refractivity contribution is 5.20. The fourth-order valence-corrected chi connectivity index (χ4v) is 2.20. The molecule has 1 aliphatic carbocycles. The van der Waals surface area contributed by atoms with Gasteiger partial charge in [0, 0.05) is 19.7 Å². The highest BCUT2D eigenvalue weighted by Gasteiger charge is 2.41. The van der Waals surface area contributed by atoms with Crippen LogP contribution < -0.4 is 10.1 Å². The van der Waals surface area contributed by atoms with E-state index in [0.29, 0.717) is 13.2 Å². The maximum Gasteiger partial charge on any atom is 0.119 e. The molecular formula is C15H23NO3. The SMILES string of the molecule is OCCC1(CNCC(O)COc2ccccc2)CC1. The molecule has 1 fully saturated rings. The second-order valence-electron chi connectivity index (χ2n) is 5.38. The molecule has 0 heterocycles. The summed E-state index contributed by atoms with van der Waals surface area (Å²) in [5.41, 5.74) is 0.286. The average Bonchev–Trinajstić information content (AvgIpc) is 3.18. The third-order valence-electron chi connectivity index (χ3n) is 3.66. The number of hydrogen-bond donors (Lipinski definition) is 3. The van der Waals surface area contributed by atoms with Gasteiger partial charge in [0.05, 0.1) is 0 Å². The molecule has 1 aliphatic rings. The van der Waals surface area contributed by atoms with Crippen molar-refractivity contribution in [3.63, 3.8) is 0 Å². The third-order valence-corrected chi connectivity index (χ3v) is 3.66. The summed E-state index contributed by atoms with van der Waals surface area (Å²) in [7, 11) is 0. The maximum atomic E-state index is 9.82. The van der Waals surface area contributed by atoms with E-state index >= 15 is 0 Å². The van der Waals surface area contributed by atoms with Gasteiger partial charge in [0.1, 0.15) is 18.5 Å². The molecule has 0 saturated heterocycles. The quantitative estimate of drug-likeness (QED) is 0.627. The number of para-hydroxylation sites is 1. The van der Waals surface area contributed by atoms with Crippen molar-refractivity contribution in [3.05, 3.63) is 30.3 Å². The first-order valence-corrected chi connectivity index (χ1v) is 6.92. The van der Waals surface area contributed by atoms with Gasteiger partial charge in [-0.1, -0.05) is 18.2 Å². The third kappa shape index (κ3) is 4.82. The van der Waals surface area contributed by atoms with E-state index in [2.05, 4.69) is 5.32 Å². The zero-order valence-electron chi connectivity index (χ0n) is 11.2. The number of aliphatic hydroxyl groups excluding tert-OH is 2. The zero-order valence-corrected chi connectivity index (χ0v) is 11.2. The van der Waals surface area contributed by atoms with Crippen LogP contribution in [-0.4, -0.2) is 42.6 Å². The van der Waals surface area contributed by atoms with E-state index in [-0.39, 0.29) is 12.0 Å². The van der Waals surface area contributed by atoms with Crippen molar-refractivity contribution < 1.29 is 14.9 Å². The van der Waals surface area contributed by atoms with Gasteiger partial charge in [-0.3, -0.25) is 0 Å². The molecule has 1 saturated carbocycles. The second-order valence-corrected chi connectivity index (χ2v) is 5.38. The van der Waals surface area contributed by atoms with Crippen LogP contribution in [0.5, 0.6) is 5.75 Å². The fourth-order valence-electron chi connectivity index (χ4n) is 2.20. The van der Waals surface area contributed by atoms with Crippen LogP contribution in [0.25, 0.3) is 0 Å². The van der Waals surface area contributed by atoms with E-state index in [0.717, 1.165) is 18.7 Å². The Morgan fingerprint density at radius 3 is 2.63 bits per heavy atom. The summed E-state index contributed by atoms with van der Waals surface area (Å²) in [5.74, 6) is 0.778. The summed E-state index contributed by atoms with van der Waals surface area (Å²) >= 11 is 0. The molecule has 0 aromatic heterocycles. The molecule has 4 heteroatoms. The number of hydrogen-bond acceptors (Lipinski definition) is 4. The predicted octanol–water partition coefficient (Wildman–Crippen LogP) is 1.18. The lowest BCUT2D eigenvalue weighted by atomic mass is 10.0. The molecule has 4 nitrogen and oxygen atoms in total. The van der Waals surface area contributed by atoms with Crippen LogP contribution in [-0.2, 0) is 0 Å². The van der Waals surface area contributed by atoms with Gasteiger partial charge in [-0.25, -0.2) is 0 Å². The minimum atomic E-state index is -0.509. The van der Waals surface area contributed by atoms with E-state index in [1.807, 2.05) is 30.3 Å². The number of ether oxygens (including phenoxy) is 1. The first-order chi connectivity index (χ1) is 9.24. The summed E-state index contributed by atoms with van der Waals surface area (Å²) in [6.07, 6.45) is 2.70. The summed E-state index contributed by atoms with van der Waals surface area (Å²) in [4.78, 5) is 0. The van der Waals surface area contributed by atoms with Gasteiger partial charge in [0.25, 0.3) is 0 Å². The van der Waals surface area contributed by atoms with Gasteiger partial charge in [-0.15, -0.1) is 0 Å². The van der Waals surface area contributed by atoms with E-state index in [1.54, 1.807) is 0 Å². The molecule has 1 unspecified atom stereocenters. The molecule has 2 rings (SSSR count). The Hall–Kier alpha value is -1.10. The van der Waals surface area contributed by atoms with E-state index in [4.69, 9.17) is 9.84 Å². The molecule has 0 bridgehead atoms. The molecule has 1 atom stereocenters. The van der Waals surface area contributed by atoms with Gasteiger partial charge >= 0.3 is 0 Å². The average molecular weight is 265 g/mol. The van der Waals surface area contributed by atoms with Crippen LogP contribution in [0.1, 0.15) is 19.3 Å². The lowest BCUT2D eigenvalue weighted by Gasteiger charge is -2.17. The lowest BCUT2D eigenvalue weighted by molar-refractivity contribution is 0.104. The largest absolute Gasteiger partial charge is 0.491 e. The Bertz CT molecular complexity index is 365. The van der Waals surface area contributed by atoms with Crippen LogP contribution in [0.4, 0.5) is 0 Å². The van der Waals surface area contributed by atoms with Crippen LogP contribution in [0.2, 0.25) is 0 Å². The zero-order chi connectivity index (χ0) is 13.6. The Morgan fingerprint density at radius 2 is 2.00 bits per heavy atom. The fraction of sp³-hybridized carbons (Fsp3) is 0.600. The predicted molar refractivity (Wildman–Crippen MR) is 74.2 cm³/mol. The van der Waals surface area contributed by atoms with Crippen LogP contribution in [0.15, 0.2) is 30.3 Å². The van der Waals surface area contributed by atoms with Crippen molar-refractivity contribution in [2.45, 2.75) is 25.4 Å². The van der Waals surface area contributed by atoms with E-state index < -0.39 is 6.10 Å². The number of benzene rings is 1. The van der Waals surface area contributed by atoms with Gasteiger partial charge in [-0.2, -0.15) is 0 Å². The maximum absolute atomic E-state index is 9.82. The van der Waals surface area contributed by atoms with Crippen molar-refractivity contribution in [1.82, 2.24) is 5.32 Å². The second kappa shape index (κ2) is 6.89. The Morgan fingerprint density at radius 1 is 1.26 bits per heavy atom. The number of nitrogens with one attached hydrogen (secondary N) is 1. The van der Waals surface area contributed by atoms with Crippen molar-refractivity contribution in [2.75, 3.05) is 26.3 Å². The summed E-state index contributed by atoms with van der Waals surface area (Å²) in [6.45, 7) is 1.95. The Kier molecular flexibility index (Phi) is 5.19. The number of aliphatic hydroxyl groups is 2. The normalized spacial score (nSPS) is 18.0. The van der Waals surface area contributed by atoms with Gasteiger partial charge in [-0.05, 0) is 36.8 Å². The molecule has 1 aromatic rings. The van der Waals surface area contributed by atoms with E-state index in [9.17, 15) is 5.11 Å². The molecule has 0 radical (unpaired) electrons. The van der Waals surface area contributed by atoms with Gasteiger partial charge in [0.2, 0.25) is 0 Å². The van der Waals surface area contributed by atoms with Crippen LogP contribution in [0, 0.1) is 5.41 Å². The van der Waals surface area contributed by atoms with Crippen molar-refractivity contribution in [2.24, 2.45) is 5.41 Å². The molecule has 1 aromatic carbocycles. The molecule has 106 valence electrons. The minimum Gasteiger partial charge on any atom is -0.491 e. The molecule has 19 heavy (non-hydrogen) atoms. The minimum absolute atomic E-state index is 0.251. The lowest BCUT2D eigenvalue weighted by Crippen LogP contribution is -2.35. The van der Waals surface area contributed by atoms with Gasteiger partial charge in [0.15, 0.2) is 0 Å². The first kappa shape index (κ1) is 14.3. The molecule has 0 aliphatic heterocycles. The van der Waals surface area contributed by atoms with Gasteiger partial charge < -0.3 is 20.3 Å². The van der Waals surface area contributed by atoms with Crippen molar-refractivity contribution >= 4 is 0 Å². The molecule has 3 N–H and O–H groups in total. The molecular weight excluding hydrogens is 242 g/mol. The first-order valence-electron chi connectivity index (χ1n) is 6.92. The summed E-state index contributed by atoms with van der Waals surface area (Å²) in [5, 5.41) is 22.1. The standard InChI is InChI=1S/C15H23NO3/c17-9-8-15(6-7-15)12-16-10-13(18)11-19-14-4-2-1-3-5-14/h1-5,13,16-18H,6-12H2. The molecule has 0 amide bonds. The summed E-state index contributed by atoms with van der Waals surface area (Å²) < 4.78 is 5.48. The van der Waals surface area contributed by atoms with Crippen molar-refractivity contribution in [3.8, 4) is 5.75 Å². The highest BCUT2D eigenvalue weighted by Crippen LogP contribution is 2.47. The van der Waals surface area contributed by atoms with E-state index in [1.165, 1.54) is 12.8 Å².